The number of hydroxylamine groups is 1. The molecule has 0 saturated heterocycles. The second kappa shape index (κ2) is 5.87. The average Bonchev–Trinajstić information content (AvgIpc) is 2.00. The Balaban J connectivity index is 3.93. The zero-order valence-corrected chi connectivity index (χ0v) is 7.17. The lowest BCUT2D eigenvalue weighted by atomic mass is 10.4. The number of hydrogen-bond donors (Lipinski definition) is 2. The van der Waals surface area contributed by atoms with E-state index in [4.69, 9.17) is 5.11 Å². The van der Waals surface area contributed by atoms with Crippen LogP contribution in [0.4, 0.5) is 0 Å². The molecule has 0 heterocycles. The summed E-state index contributed by atoms with van der Waals surface area (Å²) >= 11 is 0. The van der Waals surface area contributed by atoms with Crippen molar-refractivity contribution in [1.29, 1.82) is 0 Å². The largest absolute Gasteiger partial charge is 0.787 e. The maximum atomic E-state index is 10.9. The molecule has 0 radical (unpaired) electrons. The molecule has 70 valence electrons. The van der Waals surface area contributed by atoms with Gasteiger partial charge in [0.25, 0.3) is 0 Å². The van der Waals surface area contributed by atoms with E-state index >= 15 is 0 Å². The highest BCUT2D eigenvalue weighted by atomic mass is 32.2. The van der Waals surface area contributed by atoms with Crippen LogP contribution >= 0.6 is 0 Å². The predicted molar refractivity (Wildman–Crippen MR) is 46.0 cm³/mol. The fourth-order valence-corrected chi connectivity index (χ4v) is 1.52. The number of carbonyl (C=O) groups is 1. The molecule has 0 aliphatic carbocycles. The molecule has 5 nitrogen and oxygen atoms in total. The molecule has 0 aliphatic heterocycles. The minimum absolute atomic E-state index is 0.190. The molecule has 2 atom stereocenters. The van der Waals surface area contributed by atoms with Crippen LogP contribution < -0.4 is 5.48 Å². The number of rotatable bonds is 6. The summed E-state index contributed by atoms with van der Waals surface area (Å²) in [6.07, 6.45) is 1.42. The molecule has 0 aromatic rings. The zero-order chi connectivity index (χ0) is 9.56. The van der Waals surface area contributed by atoms with Crippen molar-refractivity contribution in [2.45, 2.75) is 6.04 Å². The monoisotopic (exact) mass is 192 g/mol. The number of carboxylic acid groups (broad SMARTS) is 1. The summed E-state index contributed by atoms with van der Waals surface area (Å²) in [5, 5.41) is 18.4. The summed E-state index contributed by atoms with van der Waals surface area (Å²) in [5.41, 5.74) is 1.31. The third-order valence-corrected chi connectivity index (χ3v) is 2.41. The highest BCUT2D eigenvalue weighted by Crippen LogP contribution is 1.90. The molecule has 2 N–H and O–H groups in total. The highest BCUT2D eigenvalue weighted by Gasteiger charge is 2.15. The van der Waals surface area contributed by atoms with E-state index in [2.05, 4.69) is 6.58 Å². The van der Waals surface area contributed by atoms with Gasteiger partial charge in [0.1, 0.15) is 6.04 Å². The van der Waals surface area contributed by atoms with Crippen LogP contribution in [0.5, 0.6) is 0 Å². The van der Waals surface area contributed by atoms with E-state index in [1.807, 2.05) is 0 Å². The lowest BCUT2D eigenvalue weighted by molar-refractivity contribution is -0.138. The molecule has 0 fully saturated rings. The Kier molecular flexibility index (Phi) is 5.52. The van der Waals surface area contributed by atoms with Crippen molar-refractivity contribution in [2.24, 2.45) is 0 Å². The van der Waals surface area contributed by atoms with Gasteiger partial charge in [-0.3, -0.25) is 9.00 Å². The van der Waals surface area contributed by atoms with Crippen molar-refractivity contribution < 1.29 is 14.1 Å². The lowest BCUT2D eigenvalue weighted by Gasteiger charge is -2.16. The van der Waals surface area contributed by atoms with E-state index in [0.717, 1.165) is 0 Å². The third kappa shape index (κ3) is 4.22. The lowest BCUT2D eigenvalue weighted by Crippen LogP contribution is -2.37. The minimum atomic E-state index is -1.33. The molecule has 6 heteroatoms. The van der Waals surface area contributed by atoms with Gasteiger partial charge < -0.3 is 15.8 Å². The number of nitrogens with one attached hydrogen (secondary N) is 1. The Morgan fingerprint density at radius 2 is 2.42 bits per heavy atom. The Morgan fingerprint density at radius 1 is 1.83 bits per heavy atom. The summed E-state index contributed by atoms with van der Waals surface area (Å²) < 4.78 is 10.9. The molecule has 0 spiro atoms. The quantitative estimate of drug-likeness (QED) is 0.436. The van der Waals surface area contributed by atoms with Crippen LogP contribution in [0, 0.1) is 5.21 Å². The average molecular weight is 192 g/mol. The standard InChI is InChI=1S/C6H10NO4S/c1-2-3-12(11)4-5(7-10)6(8)9/h2,5,7H,1,3-4H2,(H,8,9)/q-1/t5-,12?/m0/s1. The van der Waals surface area contributed by atoms with Gasteiger partial charge in [0.05, 0.1) is 0 Å². The van der Waals surface area contributed by atoms with E-state index < -0.39 is 22.8 Å². The molecular formula is C6H10NO4S-. The van der Waals surface area contributed by atoms with Crippen LogP contribution in [-0.4, -0.2) is 32.8 Å². The fraction of sp³-hybridized carbons (Fsp3) is 0.500. The van der Waals surface area contributed by atoms with Gasteiger partial charge in [-0.1, -0.05) is 6.08 Å². The molecule has 0 aromatic heterocycles. The third-order valence-electron chi connectivity index (χ3n) is 1.10. The van der Waals surface area contributed by atoms with Crippen LogP contribution in [-0.2, 0) is 15.6 Å². The normalized spacial score (nSPS) is 15.1. The molecule has 0 amide bonds. The van der Waals surface area contributed by atoms with Gasteiger partial charge in [-0.15, -0.1) is 6.58 Å². The summed E-state index contributed by atoms with van der Waals surface area (Å²) in [5.74, 6) is -1.28. The smallest absolute Gasteiger partial charge is 0.320 e. The highest BCUT2D eigenvalue weighted by molar-refractivity contribution is 7.85. The Bertz CT molecular complexity index is 194. The van der Waals surface area contributed by atoms with Crippen LogP contribution in [0.1, 0.15) is 0 Å². The van der Waals surface area contributed by atoms with E-state index in [0.29, 0.717) is 0 Å². The first-order valence-corrected chi connectivity index (χ1v) is 4.67. The van der Waals surface area contributed by atoms with Gasteiger partial charge in [0.15, 0.2) is 0 Å². The van der Waals surface area contributed by atoms with Gasteiger partial charge in [0.2, 0.25) is 0 Å². The van der Waals surface area contributed by atoms with Crippen molar-refractivity contribution in [3.63, 3.8) is 0 Å². The summed E-state index contributed by atoms with van der Waals surface area (Å²) in [6, 6.07) is -1.29. The van der Waals surface area contributed by atoms with Crippen molar-refractivity contribution in [1.82, 2.24) is 5.48 Å². The van der Waals surface area contributed by atoms with Crippen molar-refractivity contribution >= 4 is 16.8 Å². The Labute approximate surface area is 72.5 Å². The second-order valence-corrected chi connectivity index (χ2v) is 3.62. The van der Waals surface area contributed by atoms with Gasteiger partial charge in [-0.25, -0.2) is 0 Å². The maximum absolute atomic E-state index is 10.9. The molecular weight excluding hydrogens is 182 g/mol. The SMILES string of the molecule is C=CCS(=O)C[C@H](N[O-])C(=O)O. The van der Waals surface area contributed by atoms with Gasteiger partial charge in [-0.2, -0.15) is 0 Å². The van der Waals surface area contributed by atoms with Crippen LogP contribution in [0.15, 0.2) is 12.7 Å². The van der Waals surface area contributed by atoms with Gasteiger partial charge in [0, 0.05) is 22.3 Å². The molecule has 0 aliphatic rings. The Hall–Kier alpha value is -0.720. The van der Waals surface area contributed by atoms with Crippen molar-refractivity contribution in [3.05, 3.63) is 17.9 Å². The van der Waals surface area contributed by atoms with Crippen molar-refractivity contribution in [2.75, 3.05) is 11.5 Å². The molecule has 0 rings (SSSR count). The Morgan fingerprint density at radius 3 is 2.75 bits per heavy atom. The first-order chi connectivity index (χ1) is 5.61. The first-order valence-electron chi connectivity index (χ1n) is 3.18. The van der Waals surface area contributed by atoms with E-state index in [9.17, 15) is 14.2 Å². The zero-order valence-electron chi connectivity index (χ0n) is 6.36. The van der Waals surface area contributed by atoms with E-state index in [1.54, 1.807) is 0 Å². The summed E-state index contributed by atoms with van der Waals surface area (Å²) in [6.45, 7) is 3.34. The molecule has 0 aromatic carbocycles. The second-order valence-electron chi connectivity index (χ2n) is 2.07. The summed E-state index contributed by atoms with van der Waals surface area (Å²) in [7, 11) is -1.33. The van der Waals surface area contributed by atoms with Crippen molar-refractivity contribution in [3.8, 4) is 0 Å². The van der Waals surface area contributed by atoms with Crippen LogP contribution in [0.2, 0.25) is 0 Å². The first kappa shape index (κ1) is 11.3. The van der Waals surface area contributed by atoms with E-state index in [-0.39, 0.29) is 11.5 Å². The van der Waals surface area contributed by atoms with Crippen LogP contribution in [0.3, 0.4) is 0 Å². The number of carboxylic acids is 1. The van der Waals surface area contributed by atoms with Gasteiger partial charge >= 0.3 is 5.97 Å². The molecule has 12 heavy (non-hydrogen) atoms. The molecule has 0 bridgehead atoms. The fourth-order valence-electron chi connectivity index (χ4n) is 0.541. The number of aliphatic carboxylic acids is 1. The maximum Gasteiger partial charge on any atom is 0.320 e. The molecule has 1 unspecified atom stereocenters. The summed E-state index contributed by atoms with van der Waals surface area (Å²) in [4.78, 5) is 10.2. The van der Waals surface area contributed by atoms with Gasteiger partial charge in [-0.05, 0) is 0 Å². The van der Waals surface area contributed by atoms with E-state index in [1.165, 1.54) is 11.6 Å². The predicted octanol–water partition coefficient (Wildman–Crippen LogP) is -0.538. The topological polar surface area (TPSA) is 89.5 Å². The van der Waals surface area contributed by atoms with Crippen LogP contribution in [0.25, 0.3) is 0 Å². The minimum Gasteiger partial charge on any atom is -0.787 e. The number of hydrogen-bond acceptors (Lipinski definition) is 4. The molecule has 0 saturated carbocycles.